The van der Waals surface area contributed by atoms with Gasteiger partial charge in [0, 0.05) is 27.9 Å². The van der Waals surface area contributed by atoms with E-state index in [4.69, 9.17) is 13.9 Å². The Bertz CT molecular complexity index is 1280. The zero-order valence-corrected chi connectivity index (χ0v) is 20.7. The minimum absolute atomic E-state index is 0.0252. The highest BCUT2D eigenvalue weighted by atomic mass is 32.1. The molecule has 0 radical (unpaired) electrons. The van der Waals surface area contributed by atoms with Crippen LogP contribution in [0.5, 0.6) is 5.88 Å². The maximum Gasteiger partial charge on any atom is 0.410 e. The van der Waals surface area contributed by atoms with Gasteiger partial charge in [-0.15, -0.1) is 11.3 Å². The Balaban J connectivity index is 1.37. The van der Waals surface area contributed by atoms with E-state index in [1.165, 1.54) is 7.11 Å². The van der Waals surface area contributed by atoms with Crippen molar-refractivity contribution in [2.75, 3.05) is 7.11 Å². The van der Waals surface area contributed by atoms with E-state index in [0.29, 0.717) is 5.88 Å². The number of amides is 1. The van der Waals surface area contributed by atoms with Gasteiger partial charge in [-0.2, -0.15) is 0 Å². The van der Waals surface area contributed by atoms with E-state index >= 15 is 0 Å². The number of hydrogen-bond donors (Lipinski definition) is 0. The normalized spacial score (nSPS) is 18.8. The summed E-state index contributed by atoms with van der Waals surface area (Å²) in [6, 6.07) is 10.2. The topological polar surface area (TPSA) is 77.7 Å². The molecule has 5 rings (SSSR count). The van der Waals surface area contributed by atoms with Crippen LogP contribution >= 0.6 is 11.3 Å². The van der Waals surface area contributed by atoms with Gasteiger partial charge in [0.15, 0.2) is 0 Å². The fourth-order valence-corrected chi connectivity index (χ4v) is 5.77. The van der Waals surface area contributed by atoms with Crippen molar-refractivity contribution in [3.8, 4) is 17.2 Å². The Kier molecular flexibility index (Phi) is 5.93. The summed E-state index contributed by atoms with van der Waals surface area (Å²) in [6.07, 6.45) is 4.69. The third-order valence-corrected chi connectivity index (χ3v) is 7.29. The standard InChI is InChI=1S/C26H29N3O4S/c1-26(2,3)29(25(30)31-4)17-9-11-18(12-10-17)32-23-22-19(14-34-24(22)28-15-27-23)21-13-16-7-5-6-8-20(16)33-21/h5-8,13-15,17-18H,9-12H2,1-4H3. The van der Waals surface area contributed by atoms with Gasteiger partial charge in [0.25, 0.3) is 0 Å². The van der Waals surface area contributed by atoms with Crippen molar-refractivity contribution in [1.82, 2.24) is 14.9 Å². The van der Waals surface area contributed by atoms with E-state index < -0.39 is 0 Å². The molecular weight excluding hydrogens is 450 g/mol. The molecule has 3 aromatic heterocycles. The van der Waals surface area contributed by atoms with E-state index in [1.54, 1.807) is 17.7 Å². The number of ether oxygens (including phenoxy) is 2. The number of furan rings is 1. The number of hydrogen-bond acceptors (Lipinski definition) is 7. The molecule has 0 atom stereocenters. The molecule has 1 aliphatic carbocycles. The zero-order valence-electron chi connectivity index (χ0n) is 19.9. The van der Waals surface area contributed by atoms with Crippen molar-refractivity contribution in [1.29, 1.82) is 0 Å². The molecule has 4 aromatic rings. The number of rotatable bonds is 4. The molecular formula is C26H29N3O4S. The van der Waals surface area contributed by atoms with Gasteiger partial charge in [0.2, 0.25) is 5.88 Å². The summed E-state index contributed by atoms with van der Waals surface area (Å²) in [5.41, 5.74) is 1.50. The Morgan fingerprint density at radius 1 is 1.15 bits per heavy atom. The largest absolute Gasteiger partial charge is 0.474 e. The molecule has 1 fully saturated rings. The van der Waals surface area contributed by atoms with E-state index in [0.717, 1.165) is 58.2 Å². The van der Waals surface area contributed by atoms with Crippen LogP contribution in [0.25, 0.3) is 32.5 Å². The molecule has 178 valence electrons. The van der Waals surface area contributed by atoms with Crippen LogP contribution in [0.1, 0.15) is 46.5 Å². The second kappa shape index (κ2) is 8.91. The molecule has 8 heteroatoms. The number of aromatic nitrogens is 2. The second-order valence-corrected chi connectivity index (χ2v) is 10.6. The molecule has 1 aromatic carbocycles. The van der Waals surface area contributed by atoms with Gasteiger partial charge in [0.05, 0.1) is 12.5 Å². The van der Waals surface area contributed by atoms with Gasteiger partial charge in [-0.3, -0.25) is 0 Å². The van der Waals surface area contributed by atoms with Crippen molar-refractivity contribution >= 4 is 38.6 Å². The van der Waals surface area contributed by atoms with E-state index in [9.17, 15) is 4.79 Å². The average Bonchev–Trinajstić information content (AvgIpc) is 3.44. The quantitative estimate of drug-likeness (QED) is 0.326. The summed E-state index contributed by atoms with van der Waals surface area (Å²) >= 11 is 1.56. The number of nitrogens with zero attached hydrogens (tertiary/aromatic N) is 3. The number of thiophene rings is 1. The van der Waals surface area contributed by atoms with Crippen molar-refractivity contribution in [2.45, 2.75) is 64.1 Å². The van der Waals surface area contributed by atoms with Crippen molar-refractivity contribution in [3.63, 3.8) is 0 Å². The van der Waals surface area contributed by atoms with Gasteiger partial charge in [-0.1, -0.05) is 18.2 Å². The minimum atomic E-state index is -0.303. The molecule has 0 unspecified atom stereocenters. The number of carbonyl (C=O) groups excluding carboxylic acids is 1. The molecule has 1 amide bonds. The molecule has 0 N–H and O–H groups in total. The Hall–Kier alpha value is -3.13. The molecule has 3 heterocycles. The first-order valence-corrected chi connectivity index (χ1v) is 12.5. The number of para-hydroxylation sites is 1. The summed E-state index contributed by atoms with van der Waals surface area (Å²) in [7, 11) is 1.44. The second-order valence-electron chi connectivity index (χ2n) is 9.72. The van der Waals surface area contributed by atoms with Crippen molar-refractivity contribution < 1.29 is 18.7 Å². The zero-order chi connectivity index (χ0) is 23.9. The lowest BCUT2D eigenvalue weighted by atomic mass is 9.89. The van der Waals surface area contributed by atoms with Gasteiger partial charge in [-0.25, -0.2) is 14.8 Å². The highest BCUT2D eigenvalue weighted by molar-refractivity contribution is 7.17. The lowest BCUT2D eigenvalue weighted by Gasteiger charge is -2.43. The monoisotopic (exact) mass is 479 g/mol. The third kappa shape index (κ3) is 4.22. The Labute approximate surface area is 202 Å². The molecule has 1 saturated carbocycles. The highest BCUT2D eigenvalue weighted by Crippen LogP contribution is 2.40. The van der Waals surface area contributed by atoms with Crippen LogP contribution in [-0.4, -0.2) is 45.8 Å². The van der Waals surface area contributed by atoms with Crippen LogP contribution in [-0.2, 0) is 4.74 Å². The highest BCUT2D eigenvalue weighted by Gasteiger charge is 2.37. The lowest BCUT2D eigenvalue weighted by molar-refractivity contribution is 0.0279. The van der Waals surface area contributed by atoms with Crippen LogP contribution in [0.15, 0.2) is 46.5 Å². The van der Waals surface area contributed by atoms with Crippen molar-refractivity contribution in [3.05, 3.63) is 42.0 Å². The first-order chi connectivity index (χ1) is 16.3. The average molecular weight is 480 g/mol. The van der Waals surface area contributed by atoms with Gasteiger partial charge < -0.3 is 18.8 Å². The first kappa shape index (κ1) is 22.7. The van der Waals surface area contributed by atoms with E-state index in [-0.39, 0.29) is 23.8 Å². The van der Waals surface area contributed by atoms with Crippen LogP contribution in [0.2, 0.25) is 0 Å². The molecule has 7 nitrogen and oxygen atoms in total. The molecule has 0 bridgehead atoms. The van der Waals surface area contributed by atoms with E-state index in [2.05, 4.69) is 15.3 Å². The summed E-state index contributed by atoms with van der Waals surface area (Å²) < 4.78 is 17.6. The Morgan fingerprint density at radius 3 is 2.62 bits per heavy atom. The van der Waals surface area contributed by atoms with Gasteiger partial charge in [0.1, 0.15) is 28.6 Å². The summed E-state index contributed by atoms with van der Waals surface area (Å²) in [4.78, 5) is 24.1. The summed E-state index contributed by atoms with van der Waals surface area (Å²) in [5.74, 6) is 1.38. The first-order valence-electron chi connectivity index (χ1n) is 11.6. The van der Waals surface area contributed by atoms with E-state index in [1.807, 2.05) is 56.0 Å². The number of benzene rings is 1. The lowest BCUT2D eigenvalue weighted by Crippen LogP contribution is -2.53. The van der Waals surface area contributed by atoms with Gasteiger partial charge >= 0.3 is 6.09 Å². The minimum Gasteiger partial charge on any atom is -0.474 e. The maximum atomic E-state index is 12.4. The van der Waals surface area contributed by atoms with Crippen LogP contribution in [0.4, 0.5) is 4.79 Å². The van der Waals surface area contributed by atoms with Gasteiger partial charge in [-0.05, 0) is 58.6 Å². The molecule has 0 saturated heterocycles. The maximum absolute atomic E-state index is 12.4. The third-order valence-electron chi connectivity index (χ3n) is 6.41. The van der Waals surface area contributed by atoms with Crippen LogP contribution in [0, 0.1) is 0 Å². The molecule has 0 aliphatic heterocycles. The fraction of sp³-hybridized carbons (Fsp3) is 0.423. The molecule has 1 aliphatic rings. The smallest absolute Gasteiger partial charge is 0.410 e. The number of methoxy groups -OCH3 is 1. The van der Waals surface area contributed by atoms with Crippen molar-refractivity contribution in [2.24, 2.45) is 0 Å². The SMILES string of the molecule is COC(=O)N(C1CCC(Oc2ncnc3scc(-c4cc5ccccc5o4)c23)CC1)C(C)(C)C. The summed E-state index contributed by atoms with van der Waals surface area (Å²) in [5, 5.41) is 4.00. The summed E-state index contributed by atoms with van der Waals surface area (Å²) in [6.45, 7) is 6.13. The molecule has 0 spiro atoms. The van der Waals surface area contributed by atoms with Crippen LogP contribution < -0.4 is 4.74 Å². The number of fused-ring (bicyclic) bond motifs is 2. The van der Waals surface area contributed by atoms with Crippen LogP contribution in [0.3, 0.4) is 0 Å². The predicted molar refractivity (Wildman–Crippen MR) is 133 cm³/mol. The fourth-order valence-electron chi connectivity index (χ4n) is 4.88. The molecule has 34 heavy (non-hydrogen) atoms. The number of carbonyl (C=O) groups is 1. The predicted octanol–water partition coefficient (Wildman–Crippen LogP) is 6.66. The Morgan fingerprint density at radius 2 is 1.91 bits per heavy atom.